The quantitative estimate of drug-likeness (QED) is 0.652. The monoisotopic (exact) mass is 197 g/mol. The minimum atomic E-state index is -0.748. The summed E-state index contributed by atoms with van der Waals surface area (Å²) in [4.78, 5) is 12.7. The van der Waals surface area contributed by atoms with Crippen molar-refractivity contribution in [2.45, 2.75) is 13.5 Å². The molecule has 2 heterocycles. The number of hydrogen-bond acceptors (Lipinski definition) is 5. The first-order valence-electron chi connectivity index (χ1n) is 4.28. The van der Waals surface area contributed by atoms with Gasteiger partial charge in [-0.2, -0.15) is 5.21 Å². The maximum absolute atomic E-state index is 10.8. The van der Waals surface area contributed by atoms with E-state index in [9.17, 15) is 4.79 Å². The van der Waals surface area contributed by atoms with Crippen LogP contribution in [0.15, 0.2) is 0 Å². The van der Waals surface area contributed by atoms with E-state index in [0.717, 1.165) is 0 Å². The smallest absolute Gasteiger partial charge is 0.311 e. The minimum absolute atomic E-state index is 0.539. The van der Waals surface area contributed by atoms with Crippen LogP contribution in [-0.2, 0) is 11.3 Å². The van der Waals surface area contributed by atoms with Gasteiger partial charge in [-0.25, -0.2) is 0 Å². The fourth-order valence-electron chi connectivity index (χ4n) is 1.64. The number of hydrogen-bond donors (Lipinski definition) is 2. The minimum Gasteiger partial charge on any atom is -0.481 e. The third-order valence-electron chi connectivity index (χ3n) is 2.42. The Morgan fingerprint density at radius 1 is 1.71 bits per heavy atom. The van der Waals surface area contributed by atoms with Crippen molar-refractivity contribution in [1.82, 2.24) is 25.5 Å². The molecule has 0 bridgehead atoms. The molecule has 0 saturated carbocycles. The number of rotatable bonds is 3. The van der Waals surface area contributed by atoms with Gasteiger partial charge in [0.1, 0.15) is 0 Å². The van der Waals surface area contributed by atoms with Crippen molar-refractivity contribution in [3.05, 3.63) is 5.82 Å². The number of aliphatic carboxylic acids is 1. The Hall–Kier alpha value is -1.50. The van der Waals surface area contributed by atoms with Crippen molar-refractivity contribution in [3.63, 3.8) is 0 Å². The molecule has 7 nitrogen and oxygen atoms in total. The highest BCUT2D eigenvalue weighted by Gasteiger charge is 2.45. The first kappa shape index (κ1) is 9.07. The Bertz CT molecular complexity index is 330. The van der Waals surface area contributed by atoms with Crippen LogP contribution in [0.3, 0.4) is 0 Å². The van der Waals surface area contributed by atoms with Crippen LogP contribution in [0, 0.1) is 5.41 Å². The van der Waals surface area contributed by atoms with Crippen molar-refractivity contribution < 1.29 is 9.90 Å². The molecule has 0 radical (unpaired) electrons. The van der Waals surface area contributed by atoms with Gasteiger partial charge >= 0.3 is 5.97 Å². The average Bonchev–Trinajstić information content (AvgIpc) is 2.53. The first-order chi connectivity index (χ1) is 6.60. The lowest BCUT2D eigenvalue weighted by Gasteiger charge is -2.44. The second kappa shape index (κ2) is 3.02. The molecule has 7 heteroatoms. The van der Waals surface area contributed by atoms with Crippen LogP contribution in [0.1, 0.15) is 12.7 Å². The van der Waals surface area contributed by atoms with Crippen molar-refractivity contribution in [3.8, 4) is 0 Å². The summed E-state index contributed by atoms with van der Waals surface area (Å²) in [6, 6.07) is 0. The largest absolute Gasteiger partial charge is 0.481 e. The summed E-state index contributed by atoms with van der Waals surface area (Å²) in [5, 5.41) is 22.2. The van der Waals surface area contributed by atoms with Gasteiger partial charge < -0.3 is 5.11 Å². The molecule has 14 heavy (non-hydrogen) atoms. The van der Waals surface area contributed by atoms with E-state index in [-0.39, 0.29) is 0 Å². The van der Waals surface area contributed by atoms with Gasteiger partial charge in [-0.15, -0.1) is 10.2 Å². The van der Waals surface area contributed by atoms with Gasteiger partial charge in [0.2, 0.25) is 0 Å². The zero-order valence-corrected chi connectivity index (χ0v) is 7.77. The third kappa shape index (κ3) is 1.46. The van der Waals surface area contributed by atoms with Gasteiger partial charge in [0.05, 0.1) is 12.0 Å². The number of carbonyl (C=O) groups is 1. The molecule has 1 aromatic rings. The van der Waals surface area contributed by atoms with Crippen molar-refractivity contribution in [2.24, 2.45) is 5.41 Å². The number of tetrazole rings is 1. The molecular formula is C7H11N5O2. The van der Waals surface area contributed by atoms with Gasteiger partial charge in [0.25, 0.3) is 0 Å². The van der Waals surface area contributed by atoms with E-state index in [1.165, 1.54) is 0 Å². The average molecular weight is 197 g/mol. The normalized spacial score (nSPS) is 20.4. The highest BCUT2D eigenvalue weighted by molar-refractivity contribution is 5.76. The summed E-state index contributed by atoms with van der Waals surface area (Å²) in [7, 11) is 0. The highest BCUT2D eigenvalue weighted by atomic mass is 16.4. The molecule has 1 fully saturated rings. The predicted octanol–water partition coefficient (Wildman–Crippen LogP) is -0.894. The standard InChI is InChI=1S/C7H11N5O2/c1-7(6(13)14)3-12(4-7)2-5-8-10-11-9-5/h2-4H2,1H3,(H,13,14)(H,8,9,10,11). The fraction of sp³-hybridized carbons (Fsp3) is 0.714. The maximum atomic E-state index is 10.8. The van der Waals surface area contributed by atoms with E-state index in [1.807, 2.05) is 4.90 Å². The Morgan fingerprint density at radius 2 is 2.43 bits per heavy atom. The zero-order chi connectivity index (χ0) is 10.2. The van der Waals surface area contributed by atoms with Crippen LogP contribution in [0.2, 0.25) is 0 Å². The van der Waals surface area contributed by atoms with Gasteiger partial charge in [-0.1, -0.05) is 5.21 Å². The van der Waals surface area contributed by atoms with E-state index in [0.29, 0.717) is 25.5 Å². The molecule has 2 rings (SSSR count). The van der Waals surface area contributed by atoms with Crippen molar-refractivity contribution in [1.29, 1.82) is 0 Å². The SMILES string of the molecule is CC1(C(=O)O)CN(Cc2nn[nH]n2)C1. The Morgan fingerprint density at radius 3 is 2.93 bits per heavy atom. The van der Waals surface area contributed by atoms with Gasteiger partial charge in [-0.05, 0) is 6.92 Å². The van der Waals surface area contributed by atoms with Crippen molar-refractivity contribution in [2.75, 3.05) is 13.1 Å². The number of aromatic amines is 1. The number of carboxylic acids is 1. The maximum Gasteiger partial charge on any atom is 0.311 e. The van der Waals surface area contributed by atoms with Crippen LogP contribution < -0.4 is 0 Å². The van der Waals surface area contributed by atoms with Gasteiger partial charge in [0, 0.05) is 13.1 Å². The fourth-order valence-corrected chi connectivity index (χ4v) is 1.64. The summed E-state index contributed by atoms with van der Waals surface area (Å²) < 4.78 is 0. The van der Waals surface area contributed by atoms with Gasteiger partial charge in [0.15, 0.2) is 5.82 Å². The lowest BCUT2D eigenvalue weighted by atomic mass is 9.82. The highest BCUT2D eigenvalue weighted by Crippen LogP contribution is 2.30. The van der Waals surface area contributed by atoms with E-state index in [4.69, 9.17) is 5.11 Å². The number of nitrogens with one attached hydrogen (secondary N) is 1. The number of H-pyrrole nitrogens is 1. The van der Waals surface area contributed by atoms with Crippen molar-refractivity contribution >= 4 is 5.97 Å². The summed E-state index contributed by atoms with van der Waals surface area (Å²) in [6.45, 7) is 3.37. The topological polar surface area (TPSA) is 95.0 Å². The second-order valence-corrected chi connectivity index (χ2v) is 3.84. The Labute approximate surface area is 80.1 Å². The molecule has 0 aromatic carbocycles. The first-order valence-corrected chi connectivity index (χ1v) is 4.28. The molecule has 0 aliphatic carbocycles. The number of carboxylic acid groups (broad SMARTS) is 1. The predicted molar refractivity (Wildman–Crippen MR) is 45.2 cm³/mol. The molecule has 0 spiro atoms. The van der Waals surface area contributed by atoms with E-state index in [2.05, 4.69) is 20.6 Å². The van der Waals surface area contributed by atoms with Crippen LogP contribution in [-0.4, -0.2) is 49.7 Å². The molecule has 1 saturated heterocycles. The number of aromatic nitrogens is 4. The van der Waals surface area contributed by atoms with Crippen LogP contribution in [0.25, 0.3) is 0 Å². The second-order valence-electron chi connectivity index (χ2n) is 3.84. The Kier molecular flexibility index (Phi) is 1.95. The molecule has 76 valence electrons. The molecule has 1 aliphatic rings. The lowest BCUT2D eigenvalue weighted by Crippen LogP contribution is -2.58. The summed E-state index contributed by atoms with van der Waals surface area (Å²) >= 11 is 0. The molecule has 1 aliphatic heterocycles. The molecule has 0 amide bonds. The van der Waals surface area contributed by atoms with Crippen LogP contribution in [0.5, 0.6) is 0 Å². The van der Waals surface area contributed by atoms with E-state index < -0.39 is 11.4 Å². The molecule has 1 aromatic heterocycles. The third-order valence-corrected chi connectivity index (χ3v) is 2.42. The van der Waals surface area contributed by atoms with E-state index >= 15 is 0 Å². The molecule has 0 unspecified atom stereocenters. The molecule has 0 atom stereocenters. The van der Waals surface area contributed by atoms with E-state index in [1.54, 1.807) is 6.92 Å². The summed E-state index contributed by atoms with van der Waals surface area (Å²) in [5.74, 6) is -0.153. The van der Waals surface area contributed by atoms with Crippen LogP contribution in [0.4, 0.5) is 0 Å². The Balaban J connectivity index is 1.87. The summed E-state index contributed by atoms with van der Waals surface area (Å²) in [5.41, 5.74) is -0.607. The lowest BCUT2D eigenvalue weighted by molar-refractivity contribution is -0.159. The zero-order valence-electron chi connectivity index (χ0n) is 7.77. The number of likely N-dealkylation sites (tertiary alicyclic amines) is 1. The van der Waals surface area contributed by atoms with Gasteiger partial charge in [-0.3, -0.25) is 9.69 Å². The number of nitrogens with zero attached hydrogens (tertiary/aromatic N) is 4. The summed E-state index contributed by atoms with van der Waals surface area (Å²) in [6.07, 6.45) is 0. The molecular weight excluding hydrogens is 186 g/mol. The molecule has 2 N–H and O–H groups in total. The van der Waals surface area contributed by atoms with Crippen LogP contribution >= 0.6 is 0 Å².